The van der Waals surface area contributed by atoms with E-state index in [4.69, 9.17) is 30.8 Å². The molecule has 2 aliphatic carbocycles. The van der Waals surface area contributed by atoms with Crippen molar-refractivity contribution in [1.82, 2.24) is 30.4 Å². The van der Waals surface area contributed by atoms with E-state index in [0.29, 0.717) is 56.0 Å². The molecule has 41 heavy (non-hydrogen) atoms. The molecular weight excluding hydrogens is 546 g/mol. The molecule has 1 amide bonds. The molecular formula is C29H46ClN7O4. The zero-order valence-electron chi connectivity index (χ0n) is 24.9. The largest absolute Gasteiger partial charge is 0.444 e. The van der Waals surface area contributed by atoms with E-state index in [0.717, 1.165) is 55.8 Å². The maximum Gasteiger partial charge on any atom is 0.407 e. The van der Waals surface area contributed by atoms with E-state index in [1.54, 1.807) is 6.20 Å². The van der Waals surface area contributed by atoms with E-state index >= 15 is 0 Å². The smallest absolute Gasteiger partial charge is 0.407 e. The second-order valence-electron chi connectivity index (χ2n) is 12.0. The topological polar surface area (TPSA) is 124 Å². The lowest BCUT2D eigenvalue weighted by molar-refractivity contribution is 0.0398. The van der Waals surface area contributed by atoms with Crippen molar-refractivity contribution in [2.45, 2.75) is 83.4 Å². The van der Waals surface area contributed by atoms with Crippen LogP contribution in [0.2, 0.25) is 5.02 Å². The number of hydrogen-bond donors (Lipinski definition) is 3. The molecule has 4 rings (SSSR count). The molecule has 2 aliphatic rings. The maximum atomic E-state index is 11.6. The van der Waals surface area contributed by atoms with Gasteiger partial charge in [-0.15, -0.1) is 0 Å². The van der Waals surface area contributed by atoms with Gasteiger partial charge in [0.05, 0.1) is 49.5 Å². The lowest BCUT2D eigenvalue weighted by Crippen LogP contribution is -2.38. The van der Waals surface area contributed by atoms with Gasteiger partial charge in [0, 0.05) is 43.5 Å². The molecule has 2 heterocycles. The summed E-state index contributed by atoms with van der Waals surface area (Å²) in [5.41, 5.74) is 2.45. The van der Waals surface area contributed by atoms with Crippen molar-refractivity contribution in [1.29, 1.82) is 0 Å². The molecule has 2 aromatic rings. The van der Waals surface area contributed by atoms with E-state index in [1.807, 2.05) is 38.7 Å². The third-order valence-electron chi connectivity index (χ3n) is 7.27. The van der Waals surface area contributed by atoms with Gasteiger partial charge in [0.2, 0.25) is 5.95 Å². The van der Waals surface area contributed by atoms with Crippen LogP contribution in [0.3, 0.4) is 0 Å². The number of rotatable bonds is 15. The Hall–Kier alpha value is -2.47. The third-order valence-corrected chi connectivity index (χ3v) is 7.54. The van der Waals surface area contributed by atoms with E-state index in [9.17, 15) is 4.79 Å². The normalized spacial score (nSPS) is 19.2. The standard InChI is InChI=1S/C29H46ClN7O4/c1-29(2,3)41-28(38)32-12-14-40-16-15-39-13-11-31-21-7-9-22(10-8-21)35-27-33-19-24(30)26(36-27)23-18-34-37(4)25(23)17-20-5-6-20/h18-22,31H,5-17H2,1-4H3,(H,32,38)(H,33,35,36). The summed E-state index contributed by atoms with van der Waals surface area (Å²) in [5.74, 6) is 1.37. The van der Waals surface area contributed by atoms with Crippen LogP contribution in [0.25, 0.3) is 11.3 Å². The molecule has 0 unspecified atom stereocenters. The number of nitrogens with zero attached hydrogens (tertiary/aromatic N) is 4. The van der Waals surface area contributed by atoms with Crippen molar-refractivity contribution >= 4 is 23.6 Å². The van der Waals surface area contributed by atoms with Crippen molar-refractivity contribution in [3.05, 3.63) is 23.1 Å². The molecule has 0 aliphatic heterocycles. The Balaban J connectivity index is 1.07. The molecule has 0 saturated heterocycles. The summed E-state index contributed by atoms with van der Waals surface area (Å²) in [5, 5.41) is 14.8. The predicted molar refractivity (Wildman–Crippen MR) is 159 cm³/mol. The molecule has 0 aromatic carbocycles. The minimum absolute atomic E-state index is 0.333. The van der Waals surface area contributed by atoms with Gasteiger partial charge in [-0.2, -0.15) is 5.10 Å². The molecule has 0 bridgehead atoms. The summed E-state index contributed by atoms with van der Waals surface area (Å²) >= 11 is 6.53. The molecule has 0 radical (unpaired) electrons. The average Bonchev–Trinajstić information content (AvgIpc) is 3.67. The van der Waals surface area contributed by atoms with Gasteiger partial charge in [-0.1, -0.05) is 11.6 Å². The first kappa shape index (κ1) is 31.5. The number of alkyl carbamates (subject to hydrolysis) is 1. The minimum atomic E-state index is -0.500. The van der Waals surface area contributed by atoms with Crippen LogP contribution in [-0.2, 0) is 27.7 Å². The van der Waals surface area contributed by atoms with Crippen LogP contribution in [0.5, 0.6) is 0 Å². The fourth-order valence-electron chi connectivity index (χ4n) is 4.94. The van der Waals surface area contributed by atoms with Crippen LogP contribution in [-0.4, -0.2) is 83.0 Å². The Morgan fingerprint density at radius 2 is 1.68 bits per heavy atom. The first-order valence-electron chi connectivity index (χ1n) is 14.8. The van der Waals surface area contributed by atoms with Gasteiger partial charge in [0.25, 0.3) is 0 Å². The summed E-state index contributed by atoms with van der Waals surface area (Å²) in [6, 6.07) is 0.814. The highest BCUT2D eigenvalue weighted by Gasteiger charge is 2.27. The van der Waals surface area contributed by atoms with Gasteiger partial charge >= 0.3 is 6.09 Å². The summed E-state index contributed by atoms with van der Waals surface area (Å²) in [4.78, 5) is 20.8. The van der Waals surface area contributed by atoms with Gasteiger partial charge in [-0.25, -0.2) is 14.8 Å². The van der Waals surface area contributed by atoms with Gasteiger partial charge in [0.1, 0.15) is 5.60 Å². The van der Waals surface area contributed by atoms with Gasteiger partial charge in [-0.05, 0) is 71.6 Å². The number of carbonyl (C=O) groups is 1. The van der Waals surface area contributed by atoms with E-state index in [1.165, 1.54) is 18.5 Å². The SMILES string of the molecule is Cn1ncc(-c2nc(NC3CCC(NCCOCCOCCNC(=O)OC(C)(C)C)CC3)ncc2Cl)c1CC1CC1. The number of carbonyl (C=O) groups excluding carboxylic acids is 1. The number of halogens is 1. The number of ether oxygens (including phenoxy) is 3. The number of aromatic nitrogens is 4. The van der Waals surface area contributed by atoms with Crippen LogP contribution in [0.4, 0.5) is 10.7 Å². The molecule has 2 fully saturated rings. The molecule has 0 spiro atoms. The van der Waals surface area contributed by atoms with Crippen LogP contribution in [0.1, 0.15) is 65.0 Å². The Morgan fingerprint density at radius 3 is 2.37 bits per heavy atom. The highest BCUT2D eigenvalue weighted by atomic mass is 35.5. The van der Waals surface area contributed by atoms with Gasteiger partial charge in [0.15, 0.2) is 0 Å². The van der Waals surface area contributed by atoms with E-state index in [-0.39, 0.29) is 0 Å². The highest BCUT2D eigenvalue weighted by Crippen LogP contribution is 2.37. The lowest BCUT2D eigenvalue weighted by Gasteiger charge is -2.29. The molecule has 12 heteroatoms. The van der Waals surface area contributed by atoms with E-state index in [2.05, 4.69) is 26.0 Å². The third kappa shape index (κ3) is 10.7. The lowest BCUT2D eigenvalue weighted by atomic mass is 9.91. The number of anilines is 1. The van der Waals surface area contributed by atoms with Crippen molar-refractivity contribution < 1.29 is 19.0 Å². The maximum absolute atomic E-state index is 11.6. The fraction of sp³-hybridized carbons (Fsp3) is 0.724. The first-order valence-corrected chi connectivity index (χ1v) is 15.2. The quantitative estimate of drug-likeness (QED) is 0.259. The number of nitrogens with one attached hydrogen (secondary N) is 3. The summed E-state index contributed by atoms with van der Waals surface area (Å²) in [6.07, 6.45) is 11.0. The van der Waals surface area contributed by atoms with Crippen molar-refractivity contribution in [2.75, 3.05) is 44.8 Å². The van der Waals surface area contributed by atoms with Crippen LogP contribution in [0.15, 0.2) is 12.4 Å². The Labute approximate surface area is 248 Å². The average molecular weight is 592 g/mol. The van der Waals surface area contributed by atoms with Crippen LogP contribution >= 0.6 is 11.6 Å². The highest BCUT2D eigenvalue weighted by molar-refractivity contribution is 6.32. The van der Waals surface area contributed by atoms with Crippen LogP contribution in [0, 0.1) is 5.92 Å². The molecule has 11 nitrogen and oxygen atoms in total. The van der Waals surface area contributed by atoms with E-state index < -0.39 is 11.7 Å². The molecule has 3 N–H and O–H groups in total. The Bertz CT molecular complexity index is 1110. The number of hydrogen-bond acceptors (Lipinski definition) is 9. The summed E-state index contributed by atoms with van der Waals surface area (Å²) in [6.45, 7) is 8.78. The predicted octanol–water partition coefficient (Wildman–Crippen LogP) is 4.35. The van der Waals surface area contributed by atoms with Gasteiger partial charge < -0.3 is 30.2 Å². The second kappa shape index (κ2) is 15.1. The number of amides is 1. The first-order chi connectivity index (χ1) is 19.7. The van der Waals surface area contributed by atoms with Crippen molar-refractivity contribution in [2.24, 2.45) is 13.0 Å². The Morgan fingerprint density at radius 1 is 1.00 bits per heavy atom. The fourth-order valence-corrected chi connectivity index (χ4v) is 5.14. The minimum Gasteiger partial charge on any atom is -0.444 e. The Kier molecular flexibility index (Phi) is 11.6. The zero-order chi connectivity index (χ0) is 29.2. The zero-order valence-corrected chi connectivity index (χ0v) is 25.6. The van der Waals surface area contributed by atoms with Gasteiger partial charge in [-0.3, -0.25) is 4.68 Å². The van der Waals surface area contributed by atoms with Crippen molar-refractivity contribution in [3.8, 4) is 11.3 Å². The number of aryl methyl sites for hydroxylation is 1. The van der Waals surface area contributed by atoms with Crippen molar-refractivity contribution in [3.63, 3.8) is 0 Å². The molecule has 228 valence electrons. The molecule has 0 atom stereocenters. The summed E-state index contributed by atoms with van der Waals surface area (Å²) < 4.78 is 18.3. The summed E-state index contributed by atoms with van der Waals surface area (Å²) in [7, 11) is 1.99. The molecule has 2 saturated carbocycles. The van der Waals surface area contributed by atoms with Crippen LogP contribution < -0.4 is 16.0 Å². The monoisotopic (exact) mass is 591 g/mol. The second-order valence-corrected chi connectivity index (χ2v) is 12.4. The molecule has 2 aromatic heterocycles.